The van der Waals surface area contributed by atoms with E-state index in [9.17, 15) is 14.7 Å². The van der Waals surface area contributed by atoms with Gasteiger partial charge in [-0.3, -0.25) is 9.59 Å². The first-order chi connectivity index (χ1) is 11.8. The standard InChI is InChI=1S/C21H26O4/c1-11-8-15-13(9-17(11)23)10-18(25-12(2)22)20-14(15)6-7-21(3)16(20)4-5-19(21)24/h8-9,14,16,18,20,23H,4-7,10H2,1-3H3/t14?,16?,18?,20?,21-/m0/s1. The predicted octanol–water partition coefficient (Wildman–Crippen LogP) is 3.67. The Kier molecular flexibility index (Phi) is 3.71. The zero-order valence-corrected chi connectivity index (χ0v) is 15.2. The molecule has 1 aromatic rings. The third-order valence-corrected chi connectivity index (χ3v) is 7.07. The van der Waals surface area contributed by atoms with E-state index in [1.54, 1.807) is 0 Å². The molecule has 0 heterocycles. The van der Waals surface area contributed by atoms with E-state index in [0.29, 0.717) is 30.3 Å². The number of rotatable bonds is 1. The second-order valence-electron chi connectivity index (χ2n) is 8.40. The molecular weight excluding hydrogens is 316 g/mol. The van der Waals surface area contributed by atoms with Crippen molar-refractivity contribution < 1.29 is 19.4 Å². The van der Waals surface area contributed by atoms with Gasteiger partial charge in [-0.05, 0) is 60.8 Å². The van der Waals surface area contributed by atoms with Crippen LogP contribution in [0.15, 0.2) is 12.1 Å². The Morgan fingerprint density at radius 3 is 2.80 bits per heavy atom. The number of phenolic OH excluding ortho intramolecular Hbond substituents is 1. The highest BCUT2D eigenvalue weighted by Crippen LogP contribution is 2.60. The number of benzene rings is 1. The Morgan fingerprint density at radius 1 is 1.32 bits per heavy atom. The lowest BCUT2D eigenvalue weighted by atomic mass is 9.54. The molecule has 4 rings (SSSR count). The van der Waals surface area contributed by atoms with E-state index in [0.717, 1.165) is 30.4 Å². The van der Waals surface area contributed by atoms with Gasteiger partial charge in [0.2, 0.25) is 0 Å². The normalized spacial score (nSPS) is 36.4. The lowest BCUT2D eigenvalue weighted by Gasteiger charge is -2.50. The molecule has 1 N–H and O–H groups in total. The van der Waals surface area contributed by atoms with Gasteiger partial charge in [0.25, 0.3) is 0 Å². The fraction of sp³-hybridized carbons (Fsp3) is 0.619. The molecule has 25 heavy (non-hydrogen) atoms. The number of ether oxygens (including phenoxy) is 1. The summed E-state index contributed by atoms with van der Waals surface area (Å²) in [5.41, 5.74) is 3.00. The predicted molar refractivity (Wildman–Crippen MR) is 93.4 cm³/mol. The fourth-order valence-electron chi connectivity index (χ4n) is 5.82. The Hall–Kier alpha value is -1.84. The number of aromatic hydroxyl groups is 1. The maximum Gasteiger partial charge on any atom is 0.302 e. The van der Waals surface area contributed by atoms with Gasteiger partial charge in [-0.2, -0.15) is 0 Å². The average Bonchev–Trinajstić information content (AvgIpc) is 2.84. The van der Waals surface area contributed by atoms with Gasteiger partial charge in [0, 0.05) is 31.1 Å². The fourth-order valence-corrected chi connectivity index (χ4v) is 5.82. The zero-order chi connectivity index (χ0) is 17.9. The molecule has 0 bridgehead atoms. The van der Waals surface area contributed by atoms with Crippen LogP contribution in [0.25, 0.3) is 0 Å². The average molecular weight is 342 g/mol. The van der Waals surface area contributed by atoms with E-state index < -0.39 is 0 Å². The van der Waals surface area contributed by atoms with Gasteiger partial charge in [0.05, 0.1) is 0 Å². The van der Waals surface area contributed by atoms with Gasteiger partial charge < -0.3 is 9.84 Å². The van der Waals surface area contributed by atoms with Gasteiger partial charge in [-0.25, -0.2) is 0 Å². The molecule has 3 aliphatic carbocycles. The number of phenols is 1. The van der Waals surface area contributed by atoms with Crippen LogP contribution in [-0.2, 0) is 20.7 Å². The van der Waals surface area contributed by atoms with Crippen LogP contribution in [0.5, 0.6) is 5.75 Å². The summed E-state index contributed by atoms with van der Waals surface area (Å²) in [6, 6.07) is 3.94. The summed E-state index contributed by atoms with van der Waals surface area (Å²) in [7, 11) is 0. The van der Waals surface area contributed by atoms with E-state index in [2.05, 4.69) is 13.0 Å². The molecule has 0 radical (unpaired) electrons. The SMILES string of the molecule is CC(=O)OC1Cc2cc(O)c(C)cc2C2CC[C@]3(C)C(=O)CCC3C12. The van der Waals surface area contributed by atoms with Gasteiger partial charge in [-0.15, -0.1) is 0 Å². The van der Waals surface area contributed by atoms with Crippen LogP contribution in [-0.4, -0.2) is 23.0 Å². The van der Waals surface area contributed by atoms with Gasteiger partial charge in [0.15, 0.2) is 0 Å². The smallest absolute Gasteiger partial charge is 0.302 e. The van der Waals surface area contributed by atoms with Crippen LogP contribution in [0, 0.1) is 24.2 Å². The molecule has 0 aromatic heterocycles. The number of esters is 1. The second kappa shape index (κ2) is 5.58. The monoisotopic (exact) mass is 342 g/mol. The second-order valence-corrected chi connectivity index (χ2v) is 8.40. The minimum absolute atomic E-state index is 0.200. The lowest BCUT2D eigenvalue weighted by Crippen LogP contribution is -2.49. The number of hydrogen-bond acceptors (Lipinski definition) is 4. The van der Waals surface area contributed by atoms with Crippen molar-refractivity contribution in [2.24, 2.45) is 17.3 Å². The molecule has 0 saturated heterocycles. The van der Waals surface area contributed by atoms with E-state index >= 15 is 0 Å². The Bertz CT molecular complexity index is 753. The number of hydrogen-bond donors (Lipinski definition) is 1. The number of ketones is 1. The first kappa shape index (κ1) is 16.6. The number of fused-ring (bicyclic) bond motifs is 5. The molecule has 1 aromatic carbocycles. The molecule has 3 aliphatic rings. The lowest BCUT2D eigenvalue weighted by molar-refractivity contribution is -0.155. The number of Topliss-reactive ketones (excluding diaryl/α,β-unsaturated/α-hetero) is 1. The number of carbonyl (C=O) groups excluding carboxylic acids is 2. The van der Waals surface area contributed by atoms with Crippen molar-refractivity contribution in [3.8, 4) is 5.75 Å². The summed E-state index contributed by atoms with van der Waals surface area (Å²) in [5.74, 6) is 1.20. The van der Waals surface area contributed by atoms with Crippen molar-refractivity contribution in [2.75, 3.05) is 0 Å². The zero-order valence-electron chi connectivity index (χ0n) is 15.2. The summed E-state index contributed by atoms with van der Waals surface area (Å²) in [6.45, 7) is 5.50. The summed E-state index contributed by atoms with van der Waals surface area (Å²) < 4.78 is 5.74. The van der Waals surface area contributed by atoms with Crippen LogP contribution >= 0.6 is 0 Å². The first-order valence-corrected chi connectivity index (χ1v) is 9.34. The van der Waals surface area contributed by atoms with Crippen LogP contribution in [0.4, 0.5) is 0 Å². The summed E-state index contributed by atoms with van der Waals surface area (Å²) in [5, 5.41) is 10.1. The highest BCUT2D eigenvalue weighted by Gasteiger charge is 2.57. The van der Waals surface area contributed by atoms with Gasteiger partial charge in [0.1, 0.15) is 17.6 Å². The molecule has 5 atom stereocenters. The van der Waals surface area contributed by atoms with Crippen LogP contribution in [0.2, 0.25) is 0 Å². The Balaban J connectivity index is 1.81. The van der Waals surface area contributed by atoms with E-state index in [1.165, 1.54) is 12.5 Å². The first-order valence-electron chi connectivity index (χ1n) is 9.34. The quantitative estimate of drug-likeness (QED) is 0.791. The third-order valence-electron chi connectivity index (χ3n) is 7.07. The van der Waals surface area contributed by atoms with Crippen molar-refractivity contribution in [3.63, 3.8) is 0 Å². The minimum atomic E-state index is -0.264. The minimum Gasteiger partial charge on any atom is -0.508 e. The van der Waals surface area contributed by atoms with Crippen molar-refractivity contribution >= 4 is 11.8 Å². The van der Waals surface area contributed by atoms with Crippen LogP contribution < -0.4 is 0 Å². The number of carbonyl (C=O) groups is 2. The maximum atomic E-state index is 12.5. The van der Waals surface area contributed by atoms with Crippen LogP contribution in [0.3, 0.4) is 0 Å². The molecule has 4 heteroatoms. The molecule has 0 spiro atoms. The number of aryl methyl sites for hydroxylation is 1. The molecule has 0 aliphatic heterocycles. The molecule has 4 unspecified atom stereocenters. The molecular formula is C21H26O4. The molecule has 4 nitrogen and oxygen atoms in total. The van der Waals surface area contributed by atoms with E-state index in [4.69, 9.17) is 4.74 Å². The summed E-state index contributed by atoms with van der Waals surface area (Å²) in [6.07, 6.45) is 3.83. The topological polar surface area (TPSA) is 63.6 Å². The van der Waals surface area contributed by atoms with Gasteiger partial charge in [-0.1, -0.05) is 13.0 Å². The Morgan fingerprint density at radius 2 is 2.08 bits per heavy atom. The maximum absolute atomic E-state index is 12.5. The van der Waals surface area contributed by atoms with Crippen molar-refractivity contribution in [3.05, 3.63) is 28.8 Å². The molecule has 2 fully saturated rings. The summed E-state index contributed by atoms with van der Waals surface area (Å²) >= 11 is 0. The molecule has 0 amide bonds. The largest absolute Gasteiger partial charge is 0.508 e. The van der Waals surface area contributed by atoms with Gasteiger partial charge >= 0.3 is 5.97 Å². The van der Waals surface area contributed by atoms with E-state index in [1.807, 2.05) is 13.0 Å². The van der Waals surface area contributed by atoms with Crippen molar-refractivity contribution in [2.45, 2.75) is 64.9 Å². The van der Waals surface area contributed by atoms with Crippen molar-refractivity contribution in [1.29, 1.82) is 0 Å². The Labute approximate surface area is 148 Å². The molecule has 2 saturated carbocycles. The van der Waals surface area contributed by atoms with Crippen LogP contribution in [0.1, 0.15) is 62.1 Å². The van der Waals surface area contributed by atoms with Crippen molar-refractivity contribution in [1.82, 2.24) is 0 Å². The van der Waals surface area contributed by atoms with E-state index in [-0.39, 0.29) is 29.3 Å². The third kappa shape index (κ3) is 2.41. The highest BCUT2D eigenvalue weighted by atomic mass is 16.5. The summed E-state index contributed by atoms with van der Waals surface area (Å²) in [4.78, 5) is 24.3. The molecule has 134 valence electrons. The highest BCUT2D eigenvalue weighted by molar-refractivity contribution is 5.87.